The normalized spacial score (nSPS) is 24.2. The summed E-state index contributed by atoms with van der Waals surface area (Å²) >= 11 is 0. The fourth-order valence-corrected chi connectivity index (χ4v) is 4.01. The molecular formula is C20H29FN2O2. The van der Waals surface area contributed by atoms with Crippen molar-refractivity contribution >= 4 is 6.09 Å². The maximum absolute atomic E-state index is 13.5. The number of nitrogens with one attached hydrogen (secondary N) is 1. The van der Waals surface area contributed by atoms with Crippen molar-refractivity contribution < 1.29 is 14.3 Å². The zero-order chi connectivity index (χ0) is 18.8. The highest BCUT2D eigenvalue weighted by atomic mass is 19.1. The van der Waals surface area contributed by atoms with Gasteiger partial charge in [0.2, 0.25) is 0 Å². The maximum atomic E-state index is 13.5. The number of benzene rings is 1. The summed E-state index contributed by atoms with van der Waals surface area (Å²) in [6.07, 6.45) is 3.07. The lowest BCUT2D eigenvalue weighted by molar-refractivity contribution is 0.0584. The van der Waals surface area contributed by atoms with Crippen LogP contribution in [0.15, 0.2) is 30.9 Å². The van der Waals surface area contributed by atoms with Crippen LogP contribution in [0.1, 0.15) is 57.2 Å². The molecule has 0 aromatic heterocycles. The quantitative estimate of drug-likeness (QED) is 0.779. The van der Waals surface area contributed by atoms with Crippen molar-refractivity contribution in [3.05, 3.63) is 47.8 Å². The third kappa shape index (κ3) is 4.60. The molecule has 0 unspecified atom stereocenters. The second kappa shape index (κ2) is 7.16. The van der Waals surface area contributed by atoms with E-state index in [1.807, 2.05) is 13.0 Å². The van der Waals surface area contributed by atoms with Gasteiger partial charge in [0, 0.05) is 17.6 Å². The van der Waals surface area contributed by atoms with E-state index in [9.17, 15) is 14.3 Å². The Kier molecular flexibility index (Phi) is 5.57. The molecule has 0 spiro atoms. The van der Waals surface area contributed by atoms with E-state index in [-0.39, 0.29) is 22.9 Å². The van der Waals surface area contributed by atoms with Crippen molar-refractivity contribution in [3.8, 4) is 0 Å². The van der Waals surface area contributed by atoms with Crippen LogP contribution >= 0.6 is 0 Å². The molecule has 1 fully saturated rings. The molecule has 2 N–H and O–H groups in total. The minimum atomic E-state index is -0.934. The number of hydrogen-bond acceptors (Lipinski definition) is 2. The van der Waals surface area contributed by atoms with Crippen molar-refractivity contribution in [1.82, 2.24) is 10.2 Å². The van der Waals surface area contributed by atoms with E-state index in [0.717, 1.165) is 24.0 Å². The molecule has 1 heterocycles. The molecular weight excluding hydrogens is 319 g/mol. The molecule has 1 aliphatic heterocycles. The van der Waals surface area contributed by atoms with E-state index in [0.29, 0.717) is 13.0 Å². The van der Waals surface area contributed by atoms with Gasteiger partial charge in [-0.1, -0.05) is 12.1 Å². The standard InChI is InChI=1S/C20H29FN2O2/c1-6-9-20(22-19(3,4)5)10-11-23(18(24)25)17(13-20)16-8-7-15(21)12-14(16)2/h6-8,12,17,22H,1,9-11,13H2,2-5H3,(H,24,25)/t17-,20-/m1/s1. The van der Waals surface area contributed by atoms with Crippen LogP contribution in [0.25, 0.3) is 0 Å². The van der Waals surface area contributed by atoms with E-state index in [1.54, 1.807) is 6.07 Å². The van der Waals surface area contributed by atoms with Crippen molar-refractivity contribution in [2.75, 3.05) is 6.54 Å². The number of hydrogen-bond donors (Lipinski definition) is 2. The second-order valence-corrected chi connectivity index (χ2v) is 8.09. The number of piperidine rings is 1. The first-order chi connectivity index (χ1) is 11.6. The highest BCUT2D eigenvalue weighted by molar-refractivity contribution is 5.66. The Morgan fingerprint density at radius 1 is 1.52 bits per heavy atom. The summed E-state index contributed by atoms with van der Waals surface area (Å²) in [5, 5.41) is 13.4. The van der Waals surface area contributed by atoms with E-state index >= 15 is 0 Å². The molecule has 5 heteroatoms. The number of nitrogens with zero attached hydrogens (tertiary/aromatic N) is 1. The summed E-state index contributed by atoms with van der Waals surface area (Å²) in [5.41, 5.74) is 1.32. The van der Waals surface area contributed by atoms with Gasteiger partial charge >= 0.3 is 6.09 Å². The molecule has 1 amide bonds. The fourth-order valence-electron chi connectivity index (χ4n) is 4.01. The minimum Gasteiger partial charge on any atom is -0.465 e. The van der Waals surface area contributed by atoms with Gasteiger partial charge in [-0.25, -0.2) is 9.18 Å². The minimum absolute atomic E-state index is 0.100. The Morgan fingerprint density at radius 3 is 2.72 bits per heavy atom. The summed E-state index contributed by atoms with van der Waals surface area (Å²) in [4.78, 5) is 13.3. The van der Waals surface area contributed by atoms with Crippen molar-refractivity contribution in [3.63, 3.8) is 0 Å². The monoisotopic (exact) mass is 348 g/mol. The topological polar surface area (TPSA) is 52.6 Å². The highest BCUT2D eigenvalue weighted by Gasteiger charge is 2.43. The molecule has 1 aromatic rings. The number of halogens is 1. The molecule has 0 radical (unpaired) electrons. The summed E-state index contributed by atoms with van der Waals surface area (Å²) in [5.74, 6) is -0.302. The average Bonchev–Trinajstić information content (AvgIpc) is 2.45. The van der Waals surface area contributed by atoms with Crippen LogP contribution < -0.4 is 5.32 Å². The maximum Gasteiger partial charge on any atom is 0.407 e. The Labute approximate surface area is 149 Å². The highest BCUT2D eigenvalue weighted by Crippen LogP contribution is 2.40. The number of carbonyl (C=O) groups is 1. The van der Waals surface area contributed by atoms with Crippen LogP contribution in [0.2, 0.25) is 0 Å². The lowest BCUT2D eigenvalue weighted by Gasteiger charge is -2.49. The number of amides is 1. The summed E-state index contributed by atoms with van der Waals surface area (Å²) in [6.45, 7) is 12.5. The number of likely N-dealkylation sites (tertiary alicyclic amines) is 1. The Balaban J connectivity index is 2.44. The lowest BCUT2D eigenvalue weighted by atomic mass is 9.76. The molecule has 1 saturated heterocycles. The summed E-state index contributed by atoms with van der Waals surface area (Å²) < 4.78 is 13.5. The van der Waals surface area contributed by atoms with E-state index in [4.69, 9.17) is 0 Å². The van der Waals surface area contributed by atoms with E-state index in [1.165, 1.54) is 17.0 Å². The van der Waals surface area contributed by atoms with E-state index < -0.39 is 6.09 Å². The first-order valence-electron chi connectivity index (χ1n) is 8.73. The molecule has 0 bridgehead atoms. The van der Waals surface area contributed by atoms with Gasteiger partial charge in [-0.05, 0) is 70.2 Å². The van der Waals surface area contributed by atoms with Crippen molar-refractivity contribution in [2.45, 2.75) is 64.1 Å². The van der Waals surface area contributed by atoms with Gasteiger partial charge in [0.05, 0.1) is 6.04 Å². The van der Waals surface area contributed by atoms with Crippen molar-refractivity contribution in [1.29, 1.82) is 0 Å². The largest absolute Gasteiger partial charge is 0.465 e. The molecule has 1 aromatic carbocycles. The molecule has 4 nitrogen and oxygen atoms in total. The molecule has 0 aliphatic carbocycles. The molecule has 0 saturated carbocycles. The van der Waals surface area contributed by atoms with Crippen LogP contribution in [0.4, 0.5) is 9.18 Å². The Morgan fingerprint density at radius 2 is 2.20 bits per heavy atom. The smallest absolute Gasteiger partial charge is 0.407 e. The summed E-state index contributed by atoms with van der Waals surface area (Å²) in [6, 6.07) is 4.29. The van der Waals surface area contributed by atoms with Crippen LogP contribution in [0.3, 0.4) is 0 Å². The number of aryl methyl sites for hydroxylation is 1. The molecule has 25 heavy (non-hydrogen) atoms. The SMILES string of the molecule is C=CC[C@@]1(NC(C)(C)C)CCN(C(=O)O)[C@@H](c2ccc(F)cc2C)C1. The predicted molar refractivity (Wildman–Crippen MR) is 98.3 cm³/mol. The lowest BCUT2D eigenvalue weighted by Crippen LogP contribution is -2.60. The number of rotatable bonds is 4. The second-order valence-electron chi connectivity index (χ2n) is 8.09. The Bertz CT molecular complexity index is 654. The molecule has 138 valence electrons. The van der Waals surface area contributed by atoms with Gasteiger partial charge < -0.3 is 15.3 Å². The van der Waals surface area contributed by atoms with Gasteiger partial charge in [-0.2, -0.15) is 0 Å². The van der Waals surface area contributed by atoms with Crippen molar-refractivity contribution in [2.24, 2.45) is 0 Å². The molecule has 2 atom stereocenters. The van der Waals surface area contributed by atoms with E-state index in [2.05, 4.69) is 32.7 Å². The fraction of sp³-hybridized carbons (Fsp3) is 0.550. The zero-order valence-electron chi connectivity index (χ0n) is 15.6. The Hall–Kier alpha value is -1.88. The third-order valence-electron chi connectivity index (χ3n) is 4.80. The van der Waals surface area contributed by atoms with Crippen LogP contribution in [0, 0.1) is 12.7 Å². The third-order valence-corrected chi connectivity index (χ3v) is 4.80. The first-order valence-corrected chi connectivity index (χ1v) is 8.73. The predicted octanol–water partition coefficient (Wildman–Crippen LogP) is 4.65. The zero-order valence-corrected chi connectivity index (χ0v) is 15.6. The molecule has 2 rings (SSSR count). The van der Waals surface area contributed by atoms with Gasteiger partial charge in [0.1, 0.15) is 5.82 Å². The van der Waals surface area contributed by atoms with Gasteiger partial charge in [0.15, 0.2) is 0 Å². The molecule has 1 aliphatic rings. The van der Waals surface area contributed by atoms with Crippen LogP contribution in [-0.2, 0) is 0 Å². The van der Waals surface area contributed by atoms with Gasteiger partial charge in [-0.15, -0.1) is 6.58 Å². The summed E-state index contributed by atoms with van der Waals surface area (Å²) in [7, 11) is 0. The van der Waals surface area contributed by atoms with Gasteiger partial charge in [-0.3, -0.25) is 0 Å². The first kappa shape index (κ1) is 19.4. The van der Waals surface area contributed by atoms with Crippen LogP contribution in [-0.4, -0.2) is 33.7 Å². The van der Waals surface area contributed by atoms with Crippen LogP contribution in [0.5, 0.6) is 0 Å². The number of carboxylic acid groups (broad SMARTS) is 1. The average molecular weight is 348 g/mol. The van der Waals surface area contributed by atoms with Gasteiger partial charge in [0.25, 0.3) is 0 Å².